The highest BCUT2D eigenvalue weighted by Crippen LogP contribution is 2.24. The Morgan fingerprint density at radius 2 is 2.00 bits per heavy atom. The van der Waals surface area contributed by atoms with Gasteiger partial charge >= 0.3 is 6.61 Å². The second kappa shape index (κ2) is 4.05. The maximum absolute atomic E-state index is 11.9. The molecule has 1 unspecified atom stereocenters. The molecule has 0 spiro atoms. The average molecular weight is 228 g/mol. The number of rotatable bonds is 3. The van der Waals surface area contributed by atoms with Crippen molar-refractivity contribution in [1.82, 2.24) is 0 Å². The Balaban J connectivity index is 2.05. The van der Waals surface area contributed by atoms with Gasteiger partial charge in [-0.3, -0.25) is 4.79 Å². The normalized spacial score (nSPS) is 19.9. The summed E-state index contributed by atoms with van der Waals surface area (Å²) in [7, 11) is 0. The Kier molecular flexibility index (Phi) is 2.74. The van der Waals surface area contributed by atoms with Crippen LogP contribution in [0.2, 0.25) is 0 Å². The van der Waals surface area contributed by atoms with Crippen molar-refractivity contribution < 1.29 is 18.3 Å². The topological polar surface area (TPSA) is 55.6 Å². The smallest absolute Gasteiger partial charge is 0.387 e. The second-order valence-corrected chi connectivity index (χ2v) is 3.43. The fourth-order valence-corrected chi connectivity index (χ4v) is 1.49. The first-order valence-electron chi connectivity index (χ1n) is 4.70. The predicted octanol–water partition coefficient (Wildman–Crippen LogP) is 0.962. The van der Waals surface area contributed by atoms with E-state index in [0.717, 1.165) is 0 Å². The lowest BCUT2D eigenvalue weighted by molar-refractivity contribution is -0.123. The van der Waals surface area contributed by atoms with Gasteiger partial charge in [0, 0.05) is 5.69 Å². The molecule has 1 aliphatic rings. The summed E-state index contributed by atoms with van der Waals surface area (Å²) in [6.45, 7) is -2.39. The number of ether oxygens (including phenoxy) is 1. The van der Waals surface area contributed by atoms with E-state index in [4.69, 9.17) is 5.73 Å². The molecule has 1 aliphatic heterocycles. The van der Waals surface area contributed by atoms with E-state index in [0.29, 0.717) is 12.2 Å². The molecule has 2 rings (SSSR count). The number of halogens is 2. The van der Waals surface area contributed by atoms with Crippen LogP contribution >= 0.6 is 0 Å². The minimum atomic E-state index is -2.84. The number of alkyl halides is 2. The maximum atomic E-state index is 11.9. The van der Waals surface area contributed by atoms with Crippen LogP contribution in [0, 0.1) is 0 Å². The lowest BCUT2D eigenvalue weighted by Gasteiger charge is -2.36. The Morgan fingerprint density at radius 1 is 1.38 bits per heavy atom. The number of hydrogen-bond donors (Lipinski definition) is 1. The van der Waals surface area contributed by atoms with Gasteiger partial charge in [0.1, 0.15) is 11.8 Å². The predicted molar refractivity (Wildman–Crippen MR) is 53.4 cm³/mol. The van der Waals surface area contributed by atoms with Gasteiger partial charge in [-0.15, -0.1) is 0 Å². The fraction of sp³-hybridized carbons (Fsp3) is 0.300. The molecule has 1 atom stereocenters. The minimum absolute atomic E-state index is 0.0658. The number of β-lactam (4-membered cyclic amide) rings is 1. The molecule has 0 saturated carbocycles. The maximum Gasteiger partial charge on any atom is 0.387 e. The third kappa shape index (κ3) is 1.96. The molecule has 1 aromatic carbocycles. The van der Waals surface area contributed by atoms with Gasteiger partial charge in [0.2, 0.25) is 5.91 Å². The van der Waals surface area contributed by atoms with Crippen LogP contribution in [0.4, 0.5) is 14.5 Å². The lowest BCUT2D eigenvalue weighted by atomic mass is 10.1. The summed E-state index contributed by atoms with van der Waals surface area (Å²) in [5.41, 5.74) is 6.06. The van der Waals surface area contributed by atoms with Gasteiger partial charge in [0.15, 0.2) is 0 Å². The lowest BCUT2D eigenvalue weighted by Crippen LogP contribution is -2.61. The first-order chi connectivity index (χ1) is 7.58. The van der Waals surface area contributed by atoms with Crippen molar-refractivity contribution >= 4 is 11.6 Å². The highest BCUT2D eigenvalue weighted by molar-refractivity contribution is 6.03. The van der Waals surface area contributed by atoms with Gasteiger partial charge in [-0.05, 0) is 24.3 Å². The first-order valence-corrected chi connectivity index (χ1v) is 4.70. The molecule has 0 aliphatic carbocycles. The quantitative estimate of drug-likeness (QED) is 0.784. The fourth-order valence-electron chi connectivity index (χ4n) is 1.49. The molecule has 86 valence electrons. The number of benzene rings is 1. The summed E-state index contributed by atoms with van der Waals surface area (Å²) in [6, 6.07) is 5.41. The van der Waals surface area contributed by atoms with Crippen LogP contribution in [0.15, 0.2) is 24.3 Å². The van der Waals surface area contributed by atoms with E-state index in [1.807, 2.05) is 0 Å². The van der Waals surface area contributed by atoms with Crippen molar-refractivity contribution in [3.8, 4) is 5.75 Å². The van der Waals surface area contributed by atoms with Gasteiger partial charge < -0.3 is 15.4 Å². The Morgan fingerprint density at radius 3 is 2.44 bits per heavy atom. The van der Waals surface area contributed by atoms with E-state index < -0.39 is 12.7 Å². The van der Waals surface area contributed by atoms with Gasteiger partial charge in [-0.1, -0.05) is 0 Å². The van der Waals surface area contributed by atoms with Crippen LogP contribution < -0.4 is 15.4 Å². The number of amides is 1. The molecule has 1 heterocycles. The van der Waals surface area contributed by atoms with Crippen molar-refractivity contribution in [2.75, 3.05) is 11.4 Å². The molecule has 1 fully saturated rings. The van der Waals surface area contributed by atoms with Gasteiger partial charge in [-0.25, -0.2) is 0 Å². The molecular formula is C10H10F2N2O2. The van der Waals surface area contributed by atoms with Crippen molar-refractivity contribution in [3.05, 3.63) is 24.3 Å². The largest absolute Gasteiger partial charge is 0.435 e. The molecule has 1 amide bonds. The number of hydrogen-bond acceptors (Lipinski definition) is 3. The number of nitrogens with zero attached hydrogens (tertiary/aromatic N) is 1. The summed E-state index contributed by atoms with van der Waals surface area (Å²) < 4.78 is 27.9. The zero-order chi connectivity index (χ0) is 11.7. The van der Waals surface area contributed by atoms with Crippen molar-refractivity contribution in [2.24, 2.45) is 5.73 Å². The van der Waals surface area contributed by atoms with E-state index in [-0.39, 0.29) is 11.7 Å². The Labute approximate surface area is 90.6 Å². The average Bonchev–Trinajstić information content (AvgIpc) is 2.26. The van der Waals surface area contributed by atoms with Crippen LogP contribution in [0.3, 0.4) is 0 Å². The molecular weight excluding hydrogens is 218 g/mol. The van der Waals surface area contributed by atoms with Gasteiger partial charge in [0.05, 0.1) is 6.54 Å². The van der Waals surface area contributed by atoms with Gasteiger partial charge in [-0.2, -0.15) is 8.78 Å². The summed E-state index contributed by atoms with van der Waals surface area (Å²) >= 11 is 0. The van der Waals surface area contributed by atoms with E-state index in [1.165, 1.54) is 17.0 Å². The van der Waals surface area contributed by atoms with Crippen molar-refractivity contribution in [1.29, 1.82) is 0 Å². The molecule has 0 aromatic heterocycles. The van der Waals surface area contributed by atoms with Crippen LogP contribution in [0.5, 0.6) is 5.75 Å². The highest BCUT2D eigenvalue weighted by atomic mass is 19.3. The summed E-state index contributed by atoms with van der Waals surface area (Å²) in [6.07, 6.45) is 0. The molecule has 0 bridgehead atoms. The molecule has 16 heavy (non-hydrogen) atoms. The van der Waals surface area contributed by atoms with Crippen LogP contribution in [0.1, 0.15) is 0 Å². The molecule has 4 nitrogen and oxygen atoms in total. The van der Waals surface area contributed by atoms with Crippen molar-refractivity contribution in [3.63, 3.8) is 0 Å². The SMILES string of the molecule is NC1CN(c2ccc(OC(F)F)cc2)C1=O. The van der Waals surface area contributed by atoms with E-state index in [1.54, 1.807) is 12.1 Å². The number of anilines is 1. The summed E-state index contributed by atoms with van der Waals surface area (Å²) in [5, 5.41) is 0. The van der Waals surface area contributed by atoms with Crippen LogP contribution in [0.25, 0.3) is 0 Å². The van der Waals surface area contributed by atoms with E-state index in [9.17, 15) is 13.6 Å². The number of carbonyl (C=O) groups is 1. The third-order valence-electron chi connectivity index (χ3n) is 2.34. The monoisotopic (exact) mass is 228 g/mol. The van der Waals surface area contributed by atoms with Crippen molar-refractivity contribution in [2.45, 2.75) is 12.7 Å². The zero-order valence-corrected chi connectivity index (χ0v) is 8.27. The summed E-state index contributed by atoms with van der Waals surface area (Å²) in [4.78, 5) is 12.8. The first kappa shape index (κ1) is 10.8. The highest BCUT2D eigenvalue weighted by Gasteiger charge is 2.34. The number of nitrogens with two attached hydrogens (primary N) is 1. The summed E-state index contributed by atoms with van der Waals surface area (Å²) in [5.74, 6) is -0.0986. The van der Waals surface area contributed by atoms with Gasteiger partial charge in [0.25, 0.3) is 0 Å². The molecule has 1 aromatic rings. The number of carbonyl (C=O) groups excluding carboxylic acids is 1. The minimum Gasteiger partial charge on any atom is -0.435 e. The molecule has 2 N–H and O–H groups in total. The van der Waals surface area contributed by atoms with Crippen LogP contribution in [-0.4, -0.2) is 25.1 Å². The third-order valence-corrected chi connectivity index (χ3v) is 2.34. The standard InChI is InChI=1S/C10H10F2N2O2/c11-10(12)16-7-3-1-6(2-4-7)14-5-8(13)9(14)15/h1-4,8,10H,5,13H2. The molecule has 0 radical (unpaired) electrons. The van der Waals surface area contributed by atoms with Crippen LogP contribution in [-0.2, 0) is 4.79 Å². The van der Waals surface area contributed by atoms with E-state index >= 15 is 0 Å². The molecule has 1 saturated heterocycles. The zero-order valence-electron chi connectivity index (χ0n) is 8.27. The second-order valence-electron chi connectivity index (χ2n) is 3.43. The Bertz CT molecular complexity index is 394. The molecule has 6 heteroatoms. The Hall–Kier alpha value is -1.69. The van der Waals surface area contributed by atoms with E-state index in [2.05, 4.69) is 4.74 Å².